The first-order valence-corrected chi connectivity index (χ1v) is 4.45. The Bertz CT molecular complexity index is 299. The topological polar surface area (TPSA) is 64.9 Å². The van der Waals surface area contributed by atoms with Gasteiger partial charge < -0.3 is 10.2 Å². The van der Waals surface area contributed by atoms with Crippen molar-refractivity contribution in [3.63, 3.8) is 0 Å². The molecule has 0 aromatic carbocycles. The second-order valence-electron chi connectivity index (χ2n) is 3.76. The molecule has 1 aromatic heterocycles. The Morgan fingerprint density at radius 2 is 2.00 bits per heavy atom. The number of rotatable bonds is 1. The van der Waals surface area contributed by atoms with Gasteiger partial charge in [-0.2, -0.15) is 0 Å². The van der Waals surface area contributed by atoms with Crippen LogP contribution in [0.15, 0.2) is 4.42 Å². The molecule has 0 bridgehead atoms. The Labute approximate surface area is 70.2 Å². The molecule has 0 radical (unpaired) electrons. The molecule has 2 unspecified atom stereocenters. The van der Waals surface area contributed by atoms with Crippen LogP contribution in [0.4, 0.5) is 6.01 Å². The summed E-state index contributed by atoms with van der Waals surface area (Å²) in [5.74, 6) is 2.96. The zero-order chi connectivity index (χ0) is 8.13. The molecule has 0 aliphatic heterocycles. The van der Waals surface area contributed by atoms with Crippen molar-refractivity contribution in [2.24, 2.45) is 11.8 Å². The summed E-state index contributed by atoms with van der Waals surface area (Å²) in [7, 11) is 0. The highest BCUT2D eigenvalue weighted by atomic mass is 16.4. The summed E-state index contributed by atoms with van der Waals surface area (Å²) in [6, 6.07) is 0.204. The van der Waals surface area contributed by atoms with Gasteiger partial charge in [-0.15, -0.1) is 5.10 Å². The maximum absolute atomic E-state index is 5.35. The van der Waals surface area contributed by atoms with E-state index in [9.17, 15) is 0 Å². The standard InChI is InChI=1S/C8H11N3O/c9-8-11-10-7(12-8)6-4-2-1-3-5(4)6/h4-6H,1-3H2,(H2,9,11). The van der Waals surface area contributed by atoms with Crippen LogP contribution in [0.5, 0.6) is 0 Å². The molecule has 0 amide bonds. The Morgan fingerprint density at radius 1 is 1.25 bits per heavy atom. The number of nitrogens with zero attached hydrogens (tertiary/aromatic N) is 2. The minimum Gasteiger partial charge on any atom is -0.408 e. The number of nitrogen functional groups attached to an aromatic ring is 1. The lowest BCUT2D eigenvalue weighted by atomic mass is 10.1. The highest BCUT2D eigenvalue weighted by molar-refractivity contribution is 5.18. The molecule has 0 saturated heterocycles. The van der Waals surface area contributed by atoms with Crippen LogP contribution in [-0.2, 0) is 0 Å². The fraction of sp³-hybridized carbons (Fsp3) is 0.750. The smallest absolute Gasteiger partial charge is 0.312 e. The van der Waals surface area contributed by atoms with Crippen LogP contribution in [0.2, 0.25) is 0 Å². The minimum absolute atomic E-state index is 0.204. The van der Waals surface area contributed by atoms with Crippen molar-refractivity contribution in [2.75, 3.05) is 5.73 Å². The molecular formula is C8H11N3O. The first-order chi connectivity index (χ1) is 5.86. The fourth-order valence-electron chi connectivity index (χ4n) is 2.57. The molecule has 4 heteroatoms. The lowest BCUT2D eigenvalue weighted by Gasteiger charge is -1.94. The summed E-state index contributed by atoms with van der Waals surface area (Å²) in [6.45, 7) is 0. The first kappa shape index (κ1) is 6.46. The normalized spacial score (nSPS) is 38.2. The van der Waals surface area contributed by atoms with E-state index in [1.54, 1.807) is 0 Å². The highest BCUT2D eigenvalue weighted by Crippen LogP contribution is 2.62. The van der Waals surface area contributed by atoms with Crippen molar-refractivity contribution in [1.82, 2.24) is 10.2 Å². The predicted molar refractivity (Wildman–Crippen MR) is 42.3 cm³/mol. The van der Waals surface area contributed by atoms with Gasteiger partial charge in [0.1, 0.15) is 0 Å². The minimum atomic E-state index is 0.204. The monoisotopic (exact) mass is 165 g/mol. The molecule has 1 heterocycles. The van der Waals surface area contributed by atoms with Gasteiger partial charge in [0.25, 0.3) is 0 Å². The molecule has 0 spiro atoms. The van der Waals surface area contributed by atoms with Crippen LogP contribution in [0.25, 0.3) is 0 Å². The average Bonchev–Trinajstić information content (AvgIpc) is 2.55. The summed E-state index contributed by atoms with van der Waals surface area (Å²) in [6.07, 6.45) is 4.03. The molecular weight excluding hydrogens is 154 g/mol. The molecule has 3 rings (SSSR count). The number of hydrogen-bond donors (Lipinski definition) is 1. The number of anilines is 1. The maximum atomic E-state index is 5.35. The Hall–Kier alpha value is -1.06. The Balaban J connectivity index is 1.84. The third-order valence-electron chi connectivity index (χ3n) is 3.15. The van der Waals surface area contributed by atoms with Crippen molar-refractivity contribution in [2.45, 2.75) is 25.2 Å². The molecule has 12 heavy (non-hydrogen) atoms. The zero-order valence-corrected chi connectivity index (χ0v) is 6.73. The Kier molecular flexibility index (Phi) is 1.07. The Morgan fingerprint density at radius 3 is 2.58 bits per heavy atom. The van der Waals surface area contributed by atoms with Crippen molar-refractivity contribution >= 4 is 6.01 Å². The van der Waals surface area contributed by atoms with E-state index in [1.165, 1.54) is 19.3 Å². The molecule has 4 nitrogen and oxygen atoms in total. The van der Waals surface area contributed by atoms with Crippen LogP contribution >= 0.6 is 0 Å². The molecule has 1 aromatic rings. The summed E-state index contributed by atoms with van der Waals surface area (Å²) in [4.78, 5) is 0. The van der Waals surface area contributed by atoms with Crippen LogP contribution in [0.1, 0.15) is 31.1 Å². The molecule has 2 fully saturated rings. The number of hydrogen-bond acceptors (Lipinski definition) is 4. The van der Waals surface area contributed by atoms with Gasteiger partial charge in [0.15, 0.2) is 0 Å². The molecule has 2 aliphatic carbocycles. The van der Waals surface area contributed by atoms with Crippen LogP contribution in [0.3, 0.4) is 0 Å². The lowest BCUT2D eigenvalue weighted by molar-refractivity contribution is 0.482. The van der Waals surface area contributed by atoms with E-state index in [2.05, 4.69) is 10.2 Å². The van der Waals surface area contributed by atoms with Gasteiger partial charge in [-0.3, -0.25) is 0 Å². The van der Waals surface area contributed by atoms with Crippen LogP contribution in [0, 0.1) is 11.8 Å². The van der Waals surface area contributed by atoms with E-state index >= 15 is 0 Å². The third kappa shape index (κ3) is 0.722. The van der Waals surface area contributed by atoms with Crippen LogP contribution in [-0.4, -0.2) is 10.2 Å². The molecule has 2 aliphatic rings. The summed E-state index contributed by atoms with van der Waals surface area (Å²) >= 11 is 0. The van der Waals surface area contributed by atoms with Crippen molar-refractivity contribution < 1.29 is 4.42 Å². The molecule has 2 atom stereocenters. The molecule has 2 saturated carbocycles. The number of nitrogens with two attached hydrogens (primary N) is 1. The van der Waals surface area contributed by atoms with E-state index in [-0.39, 0.29) is 6.01 Å². The van der Waals surface area contributed by atoms with Gasteiger partial charge in [-0.05, 0) is 24.7 Å². The number of fused-ring (bicyclic) bond motifs is 1. The second-order valence-corrected chi connectivity index (χ2v) is 3.76. The quantitative estimate of drug-likeness (QED) is 0.678. The van der Waals surface area contributed by atoms with Gasteiger partial charge in [-0.1, -0.05) is 11.5 Å². The number of aromatic nitrogens is 2. The molecule has 64 valence electrons. The van der Waals surface area contributed by atoms with E-state index in [4.69, 9.17) is 10.2 Å². The predicted octanol–water partition coefficient (Wildman–Crippen LogP) is 1.17. The largest absolute Gasteiger partial charge is 0.408 e. The van der Waals surface area contributed by atoms with Gasteiger partial charge in [-0.25, -0.2) is 0 Å². The third-order valence-corrected chi connectivity index (χ3v) is 3.15. The highest BCUT2D eigenvalue weighted by Gasteiger charge is 2.56. The average molecular weight is 165 g/mol. The van der Waals surface area contributed by atoms with Crippen molar-refractivity contribution in [3.8, 4) is 0 Å². The van der Waals surface area contributed by atoms with Crippen LogP contribution < -0.4 is 5.73 Å². The SMILES string of the molecule is Nc1nnc(C2C3CCCC32)o1. The van der Waals surface area contributed by atoms with E-state index in [0.717, 1.165) is 17.7 Å². The van der Waals surface area contributed by atoms with Gasteiger partial charge >= 0.3 is 6.01 Å². The fourth-order valence-corrected chi connectivity index (χ4v) is 2.57. The van der Waals surface area contributed by atoms with Gasteiger partial charge in [0, 0.05) is 5.92 Å². The van der Waals surface area contributed by atoms with Crippen molar-refractivity contribution in [3.05, 3.63) is 5.89 Å². The summed E-state index contributed by atoms with van der Waals surface area (Å²) < 4.78 is 5.20. The van der Waals surface area contributed by atoms with Gasteiger partial charge in [0.2, 0.25) is 5.89 Å². The molecule has 2 N–H and O–H groups in total. The maximum Gasteiger partial charge on any atom is 0.312 e. The lowest BCUT2D eigenvalue weighted by Crippen LogP contribution is -1.87. The zero-order valence-electron chi connectivity index (χ0n) is 6.73. The first-order valence-electron chi connectivity index (χ1n) is 4.45. The summed E-state index contributed by atoms with van der Waals surface area (Å²) in [5.41, 5.74) is 5.35. The van der Waals surface area contributed by atoms with E-state index < -0.39 is 0 Å². The second kappa shape index (κ2) is 2.00. The van der Waals surface area contributed by atoms with E-state index in [1.807, 2.05) is 0 Å². The summed E-state index contributed by atoms with van der Waals surface area (Å²) in [5, 5.41) is 7.58. The van der Waals surface area contributed by atoms with Gasteiger partial charge in [0.05, 0.1) is 0 Å². The van der Waals surface area contributed by atoms with Crippen molar-refractivity contribution in [1.29, 1.82) is 0 Å². The van der Waals surface area contributed by atoms with E-state index in [0.29, 0.717) is 5.92 Å².